The highest BCUT2D eigenvalue weighted by Gasteiger charge is 2.16. The normalized spacial score (nSPS) is 11.5. The Morgan fingerprint density at radius 1 is 0.778 bits per heavy atom. The summed E-state index contributed by atoms with van der Waals surface area (Å²) in [7, 11) is 4.03. The number of hydrogen-bond acceptors (Lipinski definition) is 3. The highest BCUT2D eigenvalue weighted by molar-refractivity contribution is 5.93. The Morgan fingerprint density at radius 2 is 1.28 bits per heavy atom. The molecule has 0 saturated heterocycles. The number of para-hydroxylation sites is 1. The smallest absolute Gasteiger partial charge is 0.238 e. The summed E-state index contributed by atoms with van der Waals surface area (Å²) in [4.78, 5) is 16.8. The fraction of sp³-hybridized carbons (Fsp3) is 0.367. The van der Waals surface area contributed by atoms with Crippen molar-refractivity contribution in [2.75, 3.05) is 45.6 Å². The lowest BCUT2D eigenvalue weighted by atomic mass is 9.87. The molecule has 0 fully saturated rings. The molecule has 3 aromatic carbocycles. The van der Waals surface area contributed by atoms with Crippen molar-refractivity contribution in [2.24, 2.45) is 0 Å². The Kier molecular flexibility index (Phi) is 10.1. The monoisotopic (exact) mass is 493 g/mol. The molecule has 0 atom stereocenters. The minimum absolute atomic E-state index is 0.0148. The second kappa shape index (κ2) is 13.3. The van der Waals surface area contributed by atoms with Gasteiger partial charge in [-0.25, -0.2) is 8.78 Å². The van der Waals surface area contributed by atoms with Gasteiger partial charge in [-0.15, -0.1) is 0 Å². The van der Waals surface area contributed by atoms with Crippen molar-refractivity contribution in [3.63, 3.8) is 0 Å². The maximum atomic E-state index is 13.5. The Bertz CT molecular complexity index is 1050. The minimum atomic E-state index is -0.261. The lowest BCUT2D eigenvalue weighted by Gasteiger charge is -2.23. The summed E-state index contributed by atoms with van der Waals surface area (Å²) < 4.78 is 26.9. The number of hydrogen-bond donors (Lipinski definition) is 1. The highest BCUT2D eigenvalue weighted by Crippen LogP contribution is 2.29. The molecule has 0 heterocycles. The lowest BCUT2D eigenvalue weighted by molar-refractivity contribution is -0.117. The molecule has 6 heteroatoms. The van der Waals surface area contributed by atoms with Crippen molar-refractivity contribution in [1.82, 2.24) is 9.80 Å². The van der Waals surface area contributed by atoms with Crippen molar-refractivity contribution < 1.29 is 13.6 Å². The molecule has 0 unspecified atom stereocenters. The third-order valence-corrected chi connectivity index (χ3v) is 6.60. The van der Waals surface area contributed by atoms with Crippen LogP contribution >= 0.6 is 0 Å². The summed E-state index contributed by atoms with van der Waals surface area (Å²) in [6.07, 6.45) is 1.81. The van der Waals surface area contributed by atoms with Crippen LogP contribution in [-0.4, -0.2) is 56.0 Å². The predicted octanol–water partition coefficient (Wildman–Crippen LogP) is 6.00. The van der Waals surface area contributed by atoms with Crippen molar-refractivity contribution in [3.8, 4) is 0 Å². The van der Waals surface area contributed by atoms with E-state index in [2.05, 4.69) is 17.3 Å². The van der Waals surface area contributed by atoms with Gasteiger partial charge in [0.25, 0.3) is 0 Å². The van der Waals surface area contributed by atoms with Crippen LogP contribution < -0.4 is 5.32 Å². The molecule has 192 valence electrons. The number of carbonyl (C=O) groups is 1. The van der Waals surface area contributed by atoms with Crippen LogP contribution in [0.4, 0.5) is 14.5 Å². The SMILES string of the molecule is Cc1cccc(C)c1NC(=O)CN(C)CCN(C)CCCC(c1ccc(F)cc1)c1ccc(F)cc1. The van der Waals surface area contributed by atoms with Crippen molar-refractivity contribution >= 4 is 11.6 Å². The van der Waals surface area contributed by atoms with Crippen LogP contribution in [0.25, 0.3) is 0 Å². The van der Waals surface area contributed by atoms with Gasteiger partial charge >= 0.3 is 0 Å². The summed E-state index contributed by atoms with van der Waals surface area (Å²) in [6.45, 7) is 6.83. The first kappa shape index (κ1) is 27.5. The second-order valence-corrected chi connectivity index (χ2v) is 9.65. The van der Waals surface area contributed by atoms with Gasteiger partial charge in [-0.3, -0.25) is 9.69 Å². The van der Waals surface area contributed by atoms with Crippen LogP contribution in [0.5, 0.6) is 0 Å². The number of halogens is 2. The average Bonchev–Trinajstić information content (AvgIpc) is 2.84. The predicted molar refractivity (Wildman–Crippen MR) is 143 cm³/mol. The van der Waals surface area contributed by atoms with E-state index in [-0.39, 0.29) is 23.5 Å². The number of aryl methyl sites for hydroxylation is 2. The number of amides is 1. The van der Waals surface area contributed by atoms with Crippen LogP contribution in [-0.2, 0) is 4.79 Å². The molecule has 1 amide bonds. The molecule has 3 aromatic rings. The first-order valence-electron chi connectivity index (χ1n) is 12.5. The summed E-state index contributed by atoms with van der Waals surface area (Å²) in [5.41, 5.74) is 5.07. The van der Waals surface area contributed by atoms with E-state index in [1.54, 1.807) is 0 Å². The maximum absolute atomic E-state index is 13.5. The van der Waals surface area contributed by atoms with Crippen LogP contribution in [0.3, 0.4) is 0 Å². The molecule has 0 aromatic heterocycles. The molecule has 36 heavy (non-hydrogen) atoms. The third-order valence-electron chi connectivity index (χ3n) is 6.60. The molecule has 0 spiro atoms. The molecule has 1 N–H and O–H groups in total. The van der Waals surface area contributed by atoms with Gasteiger partial charge in [-0.2, -0.15) is 0 Å². The zero-order valence-corrected chi connectivity index (χ0v) is 21.7. The Labute approximate surface area is 213 Å². The molecule has 0 aliphatic carbocycles. The van der Waals surface area contributed by atoms with E-state index < -0.39 is 0 Å². The molecule has 0 radical (unpaired) electrons. The fourth-order valence-corrected chi connectivity index (χ4v) is 4.45. The number of carbonyl (C=O) groups excluding carboxylic acids is 1. The van der Waals surface area contributed by atoms with Gasteiger partial charge in [0.1, 0.15) is 11.6 Å². The lowest BCUT2D eigenvalue weighted by Crippen LogP contribution is -2.36. The zero-order valence-electron chi connectivity index (χ0n) is 21.7. The van der Waals surface area contributed by atoms with Crippen LogP contribution in [0.1, 0.15) is 41.0 Å². The third kappa shape index (κ3) is 8.25. The van der Waals surface area contributed by atoms with E-state index in [1.807, 2.05) is 68.3 Å². The van der Waals surface area contributed by atoms with E-state index >= 15 is 0 Å². The van der Waals surface area contributed by atoms with Gasteiger partial charge < -0.3 is 10.2 Å². The number of nitrogens with one attached hydrogen (secondary N) is 1. The van der Waals surface area contributed by atoms with E-state index in [4.69, 9.17) is 0 Å². The number of nitrogens with zero attached hydrogens (tertiary/aromatic N) is 2. The molecule has 0 bridgehead atoms. The molecular formula is C30H37F2N3O. The van der Waals surface area contributed by atoms with E-state index in [0.29, 0.717) is 6.54 Å². The molecule has 0 aliphatic rings. The zero-order chi connectivity index (χ0) is 26.1. The minimum Gasteiger partial charge on any atom is -0.324 e. The van der Waals surface area contributed by atoms with E-state index in [9.17, 15) is 13.6 Å². The fourth-order valence-electron chi connectivity index (χ4n) is 4.45. The van der Waals surface area contributed by atoms with Gasteiger partial charge in [-0.05, 0) is 93.8 Å². The highest BCUT2D eigenvalue weighted by atomic mass is 19.1. The van der Waals surface area contributed by atoms with Crippen LogP contribution in [0.15, 0.2) is 66.7 Å². The van der Waals surface area contributed by atoms with Gasteiger partial charge in [0, 0.05) is 24.7 Å². The van der Waals surface area contributed by atoms with Gasteiger partial charge in [0.2, 0.25) is 5.91 Å². The molecular weight excluding hydrogens is 456 g/mol. The Balaban J connectivity index is 1.46. The molecule has 3 rings (SSSR count). The van der Waals surface area contributed by atoms with E-state index in [0.717, 1.165) is 60.4 Å². The first-order chi connectivity index (χ1) is 17.2. The maximum Gasteiger partial charge on any atom is 0.238 e. The van der Waals surface area contributed by atoms with Gasteiger partial charge in [0.05, 0.1) is 6.54 Å². The van der Waals surface area contributed by atoms with E-state index in [1.165, 1.54) is 24.3 Å². The van der Waals surface area contributed by atoms with Gasteiger partial charge in [-0.1, -0.05) is 42.5 Å². The number of likely N-dealkylation sites (N-methyl/N-ethyl adjacent to an activating group) is 2. The summed E-state index contributed by atoms with van der Waals surface area (Å²) in [6, 6.07) is 19.1. The summed E-state index contributed by atoms with van der Waals surface area (Å²) >= 11 is 0. The second-order valence-electron chi connectivity index (χ2n) is 9.65. The van der Waals surface area contributed by atoms with Crippen LogP contribution in [0, 0.1) is 25.5 Å². The number of rotatable bonds is 12. The quantitative estimate of drug-likeness (QED) is 0.336. The standard InChI is InChI=1S/C30H37F2N3O/c1-22-7-5-8-23(2)30(22)33-29(36)21-35(4)20-19-34(3)18-6-9-28(24-10-14-26(31)15-11-24)25-12-16-27(32)17-13-25/h5,7-8,10-17,28H,6,9,18-21H2,1-4H3,(H,33,36). The van der Waals surface area contributed by atoms with Crippen LogP contribution in [0.2, 0.25) is 0 Å². The average molecular weight is 494 g/mol. The van der Waals surface area contributed by atoms with Gasteiger partial charge in [0.15, 0.2) is 0 Å². The largest absolute Gasteiger partial charge is 0.324 e. The first-order valence-corrected chi connectivity index (χ1v) is 12.5. The topological polar surface area (TPSA) is 35.6 Å². The van der Waals surface area contributed by atoms with Crippen molar-refractivity contribution in [3.05, 3.63) is 101 Å². The Morgan fingerprint density at radius 3 is 1.81 bits per heavy atom. The summed E-state index contributed by atoms with van der Waals surface area (Å²) in [5.74, 6) is -0.457. The number of benzene rings is 3. The summed E-state index contributed by atoms with van der Waals surface area (Å²) in [5, 5.41) is 3.04. The molecule has 0 aliphatic heterocycles. The van der Waals surface area contributed by atoms with Crippen molar-refractivity contribution in [2.45, 2.75) is 32.6 Å². The number of anilines is 1. The molecule has 4 nitrogen and oxygen atoms in total. The van der Waals surface area contributed by atoms with Crippen molar-refractivity contribution in [1.29, 1.82) is 0 Å². The Hall–Kier alpha value is -3.09. The molecule has 0 saturated carbocycles.